The first kappa shape index (κ1) is 20.9. The van der Waals surface area contributed by atoms with Crippen LogP contribution in [0.1, 0.15) is 22.9 Å². The molecule has 0 aliphatic heterocycles. The molecule has 154 valence electrons. The molecule has 4 nitrogen and oxygen atoms in total. The Balaban J connectivity index is 1.54. The fraction of sp³-hybridized carbons (Fsp3) is 0.174. The van der Waals surface area contributed by atoms with Gasteiger partial charge in [0.05, 0.1) is 22.4 Å². The van der Waals surface area contributed by atoms with Crippen LogP contribution < -0.4 is 4.72 Å². The quantitative estimate of drug-likeness (QED) is 0.372. The molecule has 4 aromatic rings. The van der Waals surface area contributed by atoms with Crippen molar-refractivity contribution in [2.75, 3.05) is 5.75 Å². The average Bonchev–Trinajstić information content (AvgIpc) is 3.45. The van der Waals surface area contributed by atoms with Gasteiger partial charge in [0, 0.05) is 5.38 Å². The maximum absolute atomic E-state index is 12.9. The third-order valence-electron chi connectivity index (χ3n) is 4.72. The van der Waals surface area contributed by atoms with E-state index < -0.39 is 16.1 Å². The second kappa shape index (κ2) is 9.66. The van der Waals surface area contributed by atoms with E-state index in [1.165, 1.54) is 0 Å². The average molecular weight is 455 g/mol. The van der Waals surface area contributed by atoms with Gasteiger partial charge in [-0.2, -0.15) is 0 Å². The van der Waals surface area contributed by atoms with Crippen molar-refractivity contribution in [2.24, 2.45) is 0 Å². The number of nitrogens with one attached hydrogen (secondary N) is 1. The number of hydrogen-bond acceptors (Lipinski definition) is 5. The number of aromatic nitrogens is 1. The summed E-state index contributed by atoms with van der Waals surface area (Å²) in [5.74, 6) is 0.0459. The lowest BCUT2D eigenvalue weighted by Crippen LogP contribution is -2.32. The zero-order valence-corrected chi connectivity index (χ0v) is 18.7. The normalized spacial score (nSPS) is 12.7. The Morgan fingerprint density at radius 1 is 0.867 bits per heavy atom. The highest BCUT2D eigenvalue weighted by molar-refractivity contribution is 7.89. The summed E-state index contributed by atoms with van der Waals surface area (Å²) >= 11 is 3.18. The Morgan fingerprint density at radius 3 is 2.23 bits per heavy atom. The molecule has 0 aliphatic carbocycles. The molecular formula is C23H22N2O2S3. The topological polar surface area (TPSA) is 59.1 Å². The van der Waals surface area contributed by atoms with Gasteiger partial charge in [-0.3, -0.25) is 0 Å². The van der Waals surface area contributed by atoms with E-state index in [0.29, 0.717) is 12.8 Å². The lowest BCUT2D eigenvalue weighted by atomic mass is 10.1. The van der Waals surface area contributed by atoms with Gasteiger partial charge in [0.15, 0.2) is 0 Å². The highest BCUT2D eigenvalue weighted by Gasteiger charge is 2.23. The second-order valence-corrected chi connectivity index (χ2v) is 10.6. The van der Waals surface area contributed by atoms with Gasteiger partial charge >= 0.3 is 0 Å². The monoisotopic (exact) mass is 454 g/mol. The van der Waals surface area contributed by atoms with E-state index in [-0.39, 0.29) is 5.75 Å². The summed E-state index contributed by atoms with van der Waals surface area (Å²) in [6.45, 7) is 0. The number of thiophene rings is 1. The predicted molar refractivity (Wildman–Crippen MR) is 125 cm³/mol. The molecule has 0 saturated carbocycles. The van der Waals surface area contributed by atoms with E-state index in [0.717, 1.165) is 26.7 Å². The van der Waals surface area contributed by atoms with Crippen molar-refractivity contribution in [1.82, 2.24) is 9.71 Å². The molecule has 0 spiro atoms. The summed E-state index contributed by atoms with van der Waals surface area (Å²) in [6.07, 6.45) is 1.03. The van der Waals surface area contributed by atoms with Crippen LogP contribution in [0.5, 0.6) is 0 Å². The zero-order valence-electron chi connectivity index (χ0n) is 16.3. The molecule has 0 aliphatic rings. The van der Waals surface area contributed by atoms with E-state index in [2.05, 4.69) is 4.72 Å². The van der Waals surface area contributed by atoms with Crippen LogP contribution in [-0.4, -0.2) is 19.2 Å². The molecular weight excluding hydrogens is 432 g/mol. The van der Waals surface area contributed by atoms with Crippen LogP contribution in [0.15, 0.2) is 83.6 Å². The van der Waals surface area contributed by atoms with Crippen LogP contribution in [-0.2, 0) is 22.9 Å². The third-order valence-corrected chi connectivity index (χ3v) is 8.00. The number of benzene rings is 2. The van der Waals surface area contributed by atoms with Gasteiger partial charge in [0.25, 0.3) is 0 Å². The molecule has 4 rings (SSSR count). The van der Waals surface area contributed by atoms with Crippen LogP contribution in [0.25, 0.3) is 9.88 Å². The van der Waals surface area contributed by atoms with Crippen molar-refractivity contribution in [3.63, 3.8) is 0 Å². The third kappa shape index (κ3) is 5.64. The Labute approximate surface area is 185 Å². The minimum absolute atomic E-state index is 0.0459. The van der Waals surface area contributed by atoms with Gasteiger partial charge in [-0.15, -0.1) is 22.7 Å². The number of aryl methyl sites for hydroxylation is 1. The predicted octanol–water partition coefficient (Wildman–Crippen LogP) is 5.32. The number of hydrogen-bond donors (Lipinski definition) is 1. The number of nitrogens with zero attached hydrogens (tertiary/aromatic N) is 1. The zero-order chi connectivity index (χ0) is 20.8. The van der Waals surface area contributed by atoms with Crippen LogP contribution in [0.3, 0.4) is 0 Å². The summed E-state index contributed by atoms with van der Waals surface area (Å²) in [6, 6.07) is 23.2. The van der Waals surface area contributed by atoms with E-state index in [1.807, 2.05) is 83.6 Å². The van der Waals surface area contributed by atoms with E-state index >= 15 is 0 Å². The lowest BCUT2D eigenvalue weighted by molar-refractivity contribution is 0.550. The molecule has 7 heteroatoms. The van der Waals surface area contributed by atoms with Crippen molar-refractivity contribution in [3.05, 3.63) is 100 Å². The summed E-state index contributed by atoms with van der Waals surface area (Å²) in [7, 11) is -3.47. The number of rotatable bonds is 9. The van der Waals surface area contributed by atoms with Crippen LogP contribution in [0.4, 0.5) is 0 Å². The van der Waals surface area contributed by atoms with Crippen molar-refractivity contribution >= 4 is 32.7 Å². The number of sulfonamides is 1. The van der Waals surface area contributed by atoms with Gasteiger partial charge in [-0.1, -0.05) is 66.7 Å². The molecule has 30 heavy (non-hydrogen) atoms. The first-order valence-corrected chi connectivity index (χ1v) is 13.1. The standard InChI is InChI=1S/C23H22N2O2S3/c26-30(27,15-13-18-8-3-1-4-9-18)25-20(16-19-10-5-2-6-11-19)21-17-29-23(24-21)22-12-7-14-28-22/h1-12,14,17,20,25H,13,15-16H2/t20-/m0/s1. The Hall–Kier alpha value is -2.32. The molecule has 2 heterocycles. The lowest BCUT2D eigenvalue weighted by Gasteiger charge is -2.17. The first-order chi connectivity index (χ1) is 14.6. The molecule has 0 unspecified atom stereocenters. The fourth-order valence-corrected chi connectivity index (χ4v) is 6.14. The molecule has 2 aromatic carbocycles. The molecule has 0 saturated heterocycles. The van der Waals surface area contributed by atoms with Gasteiger partial charge in [-0.25, -0.2) is 18.1 Å². The minimum atomic E-state index is -3.47. The van der Waals surface area contributed by atoms with Gasteiger partial charge in [-0.05, 0) is 35.4 Å². The molecule has 0 fully saturated rings. The molecule has 0 radical (unpaired) electrons. The van der Waals surface area contributed by atoms with E-state index in [1.54, 1.807) is 22.7 Å². The number of thiazole rings is 1. The maximum atomic E-state index is 12.9. The summed E-state index contributed by atoms with van der Waals surface area (Å²) in [5.41, 5.74) is 2.84. The largest absolute Gasteiger partial charge is 0.239 e. The smallest absolute Gasteiger partial charge is 0.212 e. The van der Waals surface area contributed by atoms with Crippen molar-refractivity contribution in [2.45, 2.75) is 18.9 Å². The minimum Gasteiger partial charge on any atom is -0.239 e. The van der Waals surface area contributed by atoms with E-state index in [4.69, 9.17) is 4.98 Å². The van der Waals surface area contributed by atoms with Gasteiger partial charge < -0.3 is 0 Å². The molecule has 0 amide bonds. The van der Waals surface area contributed by atoms with Crippen molar-refractivity contribution < 1.29 is 8.42 Å². The van der Waals surface area contributed by atoms with Crippen molar-refractivity contribution in [1.29, 1.82) is 0 Å². The molecule has 1 N–H and O–H groups in total. The Morgan fingerprint density at radius 2 is 1.57 bits per heavy atom. The molecule has 1 atom stereocenters. The highest BCUT2D eigenvalue weighted by Crippen LogP contribution is 2.31. The van der Waals surface area contributed by atoms with Gasteiger partial charge in [0.2, 0.25) is 10.0 Å². The Bertz CT molecular complexity index is 1160. The summed E-state index contributed by atoms with van der Waals surface area (Å²) < 4.78 is 28.7. The summed E-state index contributed by atoms with van der Waals surface area (Å²) in [4.78, 5) is 5.85. The van der Waals surface area contributed by atoms with Crippen LogP contribution in [0.2, 0.25) is 0 Å². The van der Waals surface area contributed by atoms with Crippen molar-refractivity contribution in [3.8, 4) is 9.88 Å². The van der Waals surface area contributed by atoms with Crippen LogP contribution in [0, 0.1) is 0 Å². The highest BCUT2D eigenvalue weighted by atomic mass is 32.2. The maximum Gasteiger partial charge on any atom is 0.212 e. The Kier molecular flexibility index (Phi) is 6.74. The second-order valence-electron chi connectivity index (χ2n) is 6.97. The molecule has 0 bridgehead atoms. The fourth-order valence-electron chi connectivity index (χ4n) is 3.19. The van der Waals surface area contributed by atoms with E-state index in [9.17, 15) is 8.42 Å². The van der Waals surface area contributed by atoms with Gasteiger partial charge in [0.1, 0.15) is 5.01 Å². The SMILES string of the molecule is O=S(=O)(CCc1ccccc1)N[C@@H](Cc1ccccc1)c1csc(-c2cccs2)n1. The first-order valence-electron chi connectivity index (χ1n) is 9.66. The summed E-state index contributed by atoms with van der Waals surface area (Å²) in [5, 5.41) is 4.90. The van der Waals surface area contributed by atoms with Crippen LogP contribution >= 0.6 is 22.7 Å². The molecule has 2 aromatic heterocycles.